The van der Waals surface area contributed by atoms with E-state index in [2.05, 4.69) is 5.32 Å². The van der Waals surface area contributed by atoms with Crippen molar-refractivity contribution in [2.75, 3.05) is 11.9 Å². The van der Waals surface area contributed by atoms with Crippen molar-refractivity contribution in [3.63, 3.8) is 0 Å². The van der Waals surface area contributed by atoms with Gasteiger partial charge in [0.25, 0.3) is 5.91 Å². The van der Waals surface area contributed by atoms with Crippen LogP contribution in [0.1, 0.15) is 31.1 Å². The van der Waals surface area contributed by atoms with Crippen LogP contribution in [-0.2, 0) is 9.53 Å². The van der Waals surface area contributed by atoms with Crippen molar-refractivity contribution in [3.05, 3.63) is 59.1 Å². The lowest BCUT2D eigenvalue weighted by atomic mass is 10.1. The lowest BCUT2D eigenvalue weighted by molar-refractivity contribution is -0.128. The number of esters is 1. The minimum atomic E-state index is -1.12. The molecule has 2 aromatic rings. The molecule has 0 bridgehead atoms. The Kier molecular flexibility index (Phi) is 6.04. The third kappa shape index (κ3) is 5.22. The molecule has 1 amide bonds. The molecule has 6 heteroatoms. The summed E-state index contributed by atoms with van der Waals surface area (Å²) in [6, 6.07) is 13.3. The summed E-state index contributed by atoms with van der Waals surface area (Å²) in [5.74, 6) is -0.247. The summed E-state index contributed by atoms with van der Waals surface area (Å²) in [6.45, 7) is 5.34. The lowest BCUT2D eigenvalue weighted by Crippen LogP contribution is -2.42. The molecule has 132 valence electrons. The van der Waals surface area contributed by atoms with Crippen molar-refractivity contribution in [2.45, 2.75) is 26.4 Å². The predicted molar refractivity (Wildman–Crippen MR) is 97.2 cm³/mol. The molecule has 25 heavy (non-hydrogen) atoms. The van der Waals surface area contributed by atoms with Gasteiger partial charge in [0.1, 0.15) is 5.75 Å². The van der Waals surface area contributed by atoms with Gasteiger partial charge in [-0.3, -0.25) is 4.79 Å². The molecule has 0 aliphatic carbocycles. The lowest BCUT2D eigenvalue weighted by Gasteiger charge is -2.25. The highest BCUT2D eigenvalue weighted by atomic mass is 35.5. The van der Waals surface area contributed by atoms with E-state index in [4.69, 9.17) is 21.1 Å². The van der Waals surface area contributed by atoms with Crippen LogP contribution in [-0.4, -0.2) is 24.1 Å². The van der Waals surface area contributed by atoms with E-state index in [1.165, 1.54) is 0 Å². The maximum Gasteiger partial charge on any atom is 0.338 e. The molecule has 0 aliphatic heterocycles. The van der Waals surface area contributed by atoms with Crippen LogP contribution in [0.25, 0.3) is 0 Å². The van der Waals surface area contributed by atoms with Crippen molar-refractivity contribution in [1.29, 1.82) is 0 Å². The largest absolute Gasteiger partial charge is 0.478 e. The van der Waals surface area contributed by atoms with Crippen LogP contribution in [0.3, 0.4) is 0 Å². The topological polar surface area (TPSA) is 64.6 Å². The smallest absolute Gasteiger partial charge is 0.338 e. The number of carbonyl (C=O) groups is 2. The first-order valence-corrected chi connectivity index (χ1v) is 8.23. The van der Waals surface area contributed by atoms with Crippen molar-refractivity contribution >= 4 is 29.2 Å². The average Bonchev–Trinajstić information content (AvgIpc) is 2.57. The molecule has 0 aliphatic rings. The summed E-state index contributed by atoms with van der Waals surface area (Å²) in [7, 11) is 0. The average molecular weight is 362 g/mol. The Balaban J connectivity index is 2.08. The third-order valence-electron chi connectivity index (χ3n) is 3.37. The quantitative estimate of drug-likeness (QED) is 0.778. The number of rotatable bonds is 6. The first-order chi connectivity index (χ1) is 11.8. The number of benzene rings is 2. The van der Waals surface area contributed by atoms with Gasteiger partial charge in [-0.05, 0) is 63.2 Å². The molecule has 2 rings (SSSR count). The van der Waals surface area contributed by atoms with Gasteiger partial charge in [-0.2, -0.15) is 0 Å². The molecule has 0 atom stereocenters. The van der Waals surface area contributed by atoms with Gasteiger partial charge in [-0.25, -0.2) is 4.79 Å². The van der Waals surface area contributed by atoms with Gasteiger partial charge in [-0.15, -0.1) is 0 Å². The molecule has 5 nitrogen and oxygen atoms in total. The number of ether oxygens (including phenoxy) is 2. The first kappa shape index (κ1) is 18.8. The Morgan fingerprint density at radius 2 is 1.80 bits per heavy atom. The normalized spacial score (nSPS) is 10.9. The van der Waals surface area contributed by atoms with Gasteiger partial charge in [0.15, 0.2) is 5.60 Å². The zero-order valence-corrected chi connectivity index (χ0v) is 15.1. The highest BCUT2D eigenvalue weighted by Gasteiger charge is 2.30. The summed E-state index contributed by atoms with van der Waals surface area (Å²) in [4.78, 5) is 24.3. The first-order valence-electron chi connectivity index (χ1n) is 7.85. The molecule has 0 aromatic heterocycles. The van der Waals surface area contributed by atoms with E-state index in [-0.39, 0.29) is 12.5 Å². The van der Waals surface area contributed by atoms with Gasteiger partial charge in [-0.1, -0.05) is 17.7 Å². The second-order valence-corrected chi connectivity index (χ2v) is 6.26. The number of nitrogens with one attached hydrogen (secondary N) is 1. The Morgan fingerprint density at radius 3 is 2.44 bits per heavy atom. The molecule has 2 aromatic carbocycles. The Bertz CT molecular complexity index is 756. The van der Waals surface area contributed by atoms with Gasteiger partial charge in [0.05, 0.1) is 12.2 Å². The van der Waals surface area contributed by atoms with Gasteiger partial charge in [0.2, 0.25) is 0 Å². The van der Waals surface area contributed by atoms with E-state index in [1.54, 1.807) is 69.3 Å². The summed E-state index contributed by atoms with van der Waals surface area (Å²) >= 11 is 5.84. The van der Waals surface area contributed by atoms with Crippen LogP contribution in [0.15, 0.2) is 48.5 Å². The fourth-order valence-corrected chi connectivity index (χ4v) is 2.19. The van der Waals surface area contributed by atoms with Crippen LogP contribution in [0.4, 0.5) is 5.69 Å². The fourth-order valence-electron chi connectivity index (χ4n) is 2.06. The standard InChI is InChI=1S/C19H20ClNO4/c1-4-24-17(22)13-6-5-7-15(12-13)21-18(23)19(2,3)25-16-10-8-14(20)9-11-16/h5-12H,4H2,1-3H3,(H,21,23). The van der Waals surface area contributed by atoms with Crippen molar-refractivity contribution in [1.82, 2.24) is 0 Å². The van der Waals surface area contributed by atoms with Crippen LogP contribution in [0.2, 0.25) is 5.02 Å². The molecule has 1 N–H and O–H groups in total. The molecule has 0 heterocycles. The third-order valence-corrected chi connectivity index (χ3v) is 3.62. The number of anilines is 1. The Morgan fingerprint density at radius 1 is 1.12 bits per heavy atom. The maximum atomic E-state index is 12.5. The summed E-state index contributed by atoms with van der Waals surface area (Å²) in [5, 5.41) is 3.34. The fraction of sp³-hybridized carbons (Fsp3) is 0.263. The minimum absolute atomic E-state index is 0.289. The monoisotopic (exact) mass is 361 g/mol. The number of halogens is 1. The van der Waals surface area contributed by atoms with E-state index >= 15 is 0 Å². The van der Waals surface area contributed by atoms with Gasteiger partial charge < -0.3 is 14.8 Å². The molecule has 0 saturated heterocycles. The number of hydrogen-bond donors (Lipinski definition) is 1. The molecule has 0 saturated carbocycles. The van der Waals surface area contributed by atoms with Crippen molar-refractivity contribution in [3.8, 4) is 5.75 Å². The molecule has 0 spiro atoms. The van der Waals surface area contributed by atoms with Crippen LogP contribution < -0.4 is 10.1 Å². The van der Waals surface area contributed by atoms with Gasteiger partial charge >= 0.3 is 5.97 Å². The number of hydrogen-bond acceptors (Lipinski definition) is 4. The number of amides is 1. The Labute approximate surface area is 151 Å². The summed E-state index contributed by atoms with van der Waals surface area (Å²) < 4.78 is 10.7. The molecular formula is C19H20ClNO4. The SMILES string of the molecule is CCOC(=O)c1cccc(NC(=O)C(C)(C)Oc2ccc(Cl)cc2)c1. The Hall–Kier alpha value is -2.53. The zero-order valence-electron chi connectivity index (χ0n) is 14.3. The van der Waals surface area contributed by atoms with Crippen LogP contribution in [0.5, 0.6) is 5.75 Å². The van der Waals surface area contributed by atoms with E-state index < -0.39 is 11.6 Å². The van der Waals surface area contributed by atoms with Crippen molar-refractivity contribution < 1.29 is 19.1 Å². The number of carbonyl (C=O) groups excluding carboxylic acids is 2. The highest BCUT2D eigenvalue weighted by Crippen LogP contribution is 2.22. The van der Waals surface area contributed by atoms with Gasteiger partial charge in [0, 0.05) is 10.7 Å². The maximum absolute atomic E-state index is 12.5. The van der Waals surface area contributed by atoms with E-state index in [0.29, 0.717) is 22.0 Å². The zero-order chi connectivity index (χ0) is 18.4. The van der Waals surface area contributed by atoms with E-state index in [9.17, 15) is 9.59 Å². The molecule has 0 unspecified atom stereocenters. The predicted octanol–water partition coefficient (Wildman–Crippen LogP) is 4.31. The second-order valence-electron chi connectivity index (χ2n) is 5.82. The highest BCUT2D eigenvalue weighted by molar-refractivity contribution is 6.30. The van der Waals surface area contributed by atoms with E-state index in [0.717, 1.165) is 0 Å². The minimum Gasteiger partial charge on any atom is -0.478 e. The van der Waals surface area contributed by atoms with Crippen LogP contribution >= 0.6 is 11.6 Å². The summed E-state index contributed by atoms with van der Waals surface area (Å²) in [6.07, 6.45) is 0. The molecular weight excluding hydrogens is 342 g/mol. The summed E-state index contributed by atoms with van der Waals surface area (Å²) in [5.41, 5.74) is -0.257. The molecule has 0 fully saturated rings. The second kappa shape index (κ2) is 8.03. The van der Waals surface area contributed by atoms with E-state index in [1.807, 2.05) is 0 Å². The van der Waals surface area contributed by atoms with Crippen LogP contribution in [0, 0.1) is 0 Å². The van der Waals surface area contributed by atoms with Crippen molar-refractivity contribution in [2.24, 2.45) is 0 Å². The molecule has 0 radical (unpaired) electrons.